The van der Waals surface area contributed by atoms with Crippen molar-refractivity contribution in [3.8, 4) is 0 Å². The summed E-state index contributed by atoms with van der Waals surface area (Å²) < 4.78 is 11.3. The second-order valence-electron chi connectivity index (χ2n) is 12.2. The highest BCUT2D eigenvalue weighted by Gasteiger charge is 2.62. The van der Waals surface area contributed by atoms with Gasteiger partial charge >= 0.3 is 6.09 Å². The lowest BCUT2D eigenvalue weighted by Crippen LogP contribution is -2.81. The molecule has 0 N–H and O–H groups in total. The summed E-state index contributed by atoms with van der Waals surface area (Å²) in [5.41, 5.74) is 0. The third-order valence-electron chi connectivity index (χ3n) is 6.67. The number of hydrogen-bond acceptors (Lipinski definition) is 4. The van der Waals surface area contributed by atoms with Crippen LogP contribution in [0.1, 0.15) is 20.8 Å². The van der Waals surface area contributed by atoms with Crippen LogP contribution in [0.3, 0.4) is 0 Å². The molecule has 1 heterocycles. The minimum absolute atomic E-state index is 0.145. The quantitative estimate of drug-likeness (QED) is 0.338. The minimum Gasteiger partial charge on any atom is -0.450 e. The van der Waals surface area contributed by atoms with E-state index in [0.717, 1.165) is 18.9 Å². The van der Waals surface area contributed by atoms with E-state index in [0.29, 0.717) is 25.0 Å². The number of amides is 1. The van der Waals surface area contributed by atoms with Crippen molar-refractivity contribution in [2.45, 2.75) is 85.7 Å². The lowest BCUT2D eigenvalue weighted by atomic mass is 9.90. The molecular weight excluding hydrogens is 459 g/mol. The SMILES string of the molecule is CCOC(=O)N(CCS[Si]([Si](C)(C)C)([Si](C)(C)C)[Si](C)(C)C)[C@H]1COC[C@@H]1C(C)C. The van der Waals surface area contributed by atoms with E-state index in [-0.39, 0.29) is 12.1 Å². The lowest BCUT2D eigenvalue weighted by Gasteiger charge is -2.56. The summed E-state index contributed by atoms with van der Waals surface area (Å²) in [5.74, 6) is 0.468. The minimum atomic E-state index is -1.48. The van der Waals surface area contributed by atoms with Crippen LogP contribution in [0, 0.1) is 11.8 Å². The molecule has 1 aliphatic rings. The highest BCUT2D eigenvalue weighted by atomic mass is 32.4. The van der Waals surface area contributed by atoms with Gasteiger partial charge in [0.25, 0.3) is 0 Å². The van der Waals surface area contributed by atoms with Crippen molar-refractivity contribution in [2.75, 3.05) is 32.1 Å². The number of nitrogens with zero attached hydrogens (tertiary/aromatic N) is 1. The number of carbonyl (C=O) groups is 1. The maximum atomic E-state index is 12.9. The third-order valence-corrected chi connectivity index (χ3v) is 95.7. The molecule has 1 fully saturated rings. The maximum Gasteiger partial charge on any atom is 0.410 e. The number of hydrogen-bond donors (Lipinski definition) is 0. The van der Waals surface area contributed by atoms with Gasteiger partial charge in [0.05, 0.1) is 31.6 Å². The Hall–Kier alpha value is 0.448. The molecule has 0 radical (unpaired) electrons. The first-order chi connectivity index (χ1) is 13.5. The summed E-state index contributed by atoms with van der Waals surface area (Å²) in [7, 11) is -3.96. The summed E-state index contributed by atoms with van der Waals surface area (Å²) in [6.45, 7) is 32.7. The Bertz CT molecular complexity index is 534. The van der Waals surface area contributed by atoms with Gasteiger partial charge in [-0.2, -0.15) is 11.2 Å². The highest BCUT2D eigenvalue weighted by molar-refractivity contribution is 8.50. The van der Waals surface area contributed by atoms with Crippen LogP contribution in [-0.2, 0) is 9.47 Å². The molecule has 30 heavy (non-hydrogen) atoms. The van der Waals surface area contributed by atoms with Crippen LogP contribution in [0.5, 0.6) is 0 Å². The first kappa shape index (κ1) is 28.5. The molecule has 178 valence electrons. The van der Waals surface area contributed by atoms with Crippen molar-refractivity contribution < 1.29 is 14.3 Å². The molecule has 0 unspecified atom stereocenters. The molecule has 0 bridgehead atoms. The van der Waals surface area contributed by atoms with Crippen LogP contribution in [0.25, 0.3) is 0 Å². The van der Waals surface area contributed by atoms with Gasteiger partial charge in [-0.05, 0) is 12.8 Å². The average Bonchev–Trinajstić information content (AvgIpc) is 3.00. The molecule has 0 aliphatic carbocycles. The van der Waals surface area contributed by atoms with Crippen molar-refractivity contribution in [1.82, 2.24) is 4.90 Å². The largest absolute Gasteiger partial charge is 0.450 e. The van der Waals surface area contributed by atoms with E-state index >= 15 is 0 Å². The molecule has 9 heteroatoms. The molecule has 0 saturated carbocycles. The van der Waals surface area contributed by atoms with E-state index in [2.05, 4.69) is 84.0 Å². The normalized spacial score (nSPS) is 21.2. The topological polar surface area (TPSA) is 38.8 Å². The molecule has 1 aliphatic heterocycles. The molecule has 0 spiro atoms. The van der Waals surface area contributed by atoms with Crippen LogP contribution in [-0.4, -0.2) is 77.7 Å². The van der Waals surface area contributed by atoms with Gasteiger partial charge in [-0.25, -0.2) is 4.79 Å². The van der Waals surface area contributed by atoms with Crippen molar-refractivity contribution in [1.29, 1.82) is 0 Å². The van der Waals surface area contributed by atoms with E-state index in [1.165, 1.54) is 0 Å². The lowest BCUT2D eigenvalue weighted by molar-refractivity contribution is 0.0789. The first-order valence-corrected chi connectivity index (χ1v) is 28.9. The zero-order valence-corrected chi connectivity index (χ0v) is 26.7. The van der Waals surface area contributed by atoms with Crippen molar-refractivity contribution in [2.24, 2.45) is 11.8 Å². The van der Waals surface area contributed by atoms with Gasteiger partial charge in [0.15, 0.2) is 0 Å². The van der Waals surface area contributed by atoms with Gasteiger partial charge in [0.1, 0.15) is 0 Å². The molecule has 4 nitrogen and oxygen atoms in total. The zero-order chi connectivity index (χ0) is 23.5. The smallest absolute Gasteiger partial charge is 0.410 e. The van der Waals surface area contributed by atoms with E-state index in [1.807, 2.05) is 11.8 Å². The van der Waals surface area contributed by atoms with E-state index < -0.39 is 28.6 Å². The second kappa shape index (κ2) is 10.6. The van der Waals surface area contributed by atoms with Crippen LogP contribution in [0.4, 0.5) is 4.79 Å². The van der Waals surface area contributed by atoms with Crippen molar-refractivity contribution >= 4 is 45.9 Å². The summed E-state index contributed by atoms with van der Waals surface area (Å²) in [6.07, 6.45) is -0.152. The molecule has 0 aromatic carbocycles. The van der Waals surface area contributed by atoms with Gasteiger partial charge in [-0.1, -0.05) is 72.8 Å². The molecule has 2 atom stereocenters. The Balaban J connectivity index is 3.16. The summed E-state index contributed by atoms with van der Waals surface area (Å²) in [5, 5.41) is 0. The molecule has 0 aromatic heterocycles. The van der Waals surface area contributed by atoms with Crippen molar-refractivity contribution in [3.05, 3.63) is 0 Å². The molecular formula is C21H49NO3SSi4. The average molecular weight is 508 g/mol. The fourth-order valence-electron chi connectivity index (χ4n) is 6.44. The molecule has 0 aromatic rings. The Labute approximate surface area is 194 Å². The highest BCUT2D eigenvalue weighted by Crippen LogP contribution is 2.45. The van der Waals surface area contributed by atoms with Crippen LogP contribution in [0.15, 0.2) is 0 Å². The number of carbonyl (C=O) groups excluding carboxylic acids is 1. The maximum absolute atomic E-state index is 12.9. The van der Waals surface area contributed by atoms with E-state index in [4.69, 9.17) is 9.47 Å². The predicted molar refractivity (Wildman–Crippen MR) is 145 cm³/mol. The second-order valence-corrected chi connectivity index (χ2v) is 58.5. The fraction of sp³-hybridized carbons (Fsp3) is 0.952. The Morgan fingerprint density at radius 1 is 1.00 bits per heavy atom. The van der Waals surface area contributed by atoms with E-state index in [9.17, 15) is 4.79 Å². The number of rotatable bonds is 10. The standard InChI is InChI=1S/C21H49NO3SSi4/c1-13-25-21(23)22(20-17-24-16-19(20)18(2)3)14-15-26-30(27(4,5)6,28(7,8)9)29(10,11)12/h18-20H,13-17H2,1-12H3/t19-,20+/m1/s1. The molecule has 1 amide bonds. The third kappa shape index (κ3) is 6.06. The zero-order valence-electron chi connectivity index (χ0n) is 21.8. The van der Waals surface area contributed by atoms with Gasteiger partial charge in [0.2, 0.25) is 0 Å². The first-order valence-electron chi connectivity index (χ1n) is 11.7. The van der Waals surface area contributed by atoms with Crippen LogP contribution in [0.2, 0.25) is 58.9 Å². The summed E-state index contributed by atoms with van der Waals surface area (Å²) in [4.78, 5) is 14.9. The Morgan fingerprint density at radius 2 is 1.50 bits per heavy atom. The van der Waals surface area contributed by atoms with Gasteiger partial charge in [-0.3, -0.25) is 0 Å². The van der Waals surface area contributed by atoms with Gasteiger partial charge < -0.3 is 14.4 Å². The van der Waals surface area contributed by atoms with E-state index in [1.54, 1.807) is 0 Å². The van der Waals surface area contributed by atoms with Gasteiger partial charge in [0, 0.05) is 41.0 Å². The van der Waals surface area contributed by atoms with Crippen molar-refractivity contribution in [3.63, 3.8) is 0 Å². The van der Waals surface area contributed by atoms with Gasteiger partial charge in [-0.15, -0.1) is 0 Å². The fourth-order valence-corrected chi connectivity index (χ4v) is 116. The summed E-state index contributed by atoms with van der Waals surface area (Å²) in [6, 6.07) is 0.145. The summed E-state index contributed by atoms with van der Waals surface area (Å²) >= 11 is 2.36. The van der Waals surface area contributed by atoms with Crippen LogP contribution < -0.4 is 0 Å². The molecule has 1 saturated heterocycles. The Morgan fingerprint density at radius 3 is 1.90 bits per heavy atom. The Kier molecular flexibility index (Phi) is 10.0. The number of ether oxygens (including phenoxy) is 2. The van der Waals surface area contributed by atoms with Crippen LogP contribution >= 0.6 is 11.2 Å². The molecule has 1 rings (SSSR count). The monoisotopic (exact) mass is 507 g/mol. The predicted octanol–water partition coefficient (Wildman–Crippen LogP) is 6.04.